The van der Waals surface area contributed by atoms with E-state index >= 15 is 0 Å². The van der Waals surface area contributed by atoms with Gasteiger partial charge in [0, 0.05) is 27.9 Å². The molecule has 184 valence electrons. The molecule has 8 rings (SSSR count). The molecule has 0 saturated carbocycles. The Kier molecular flexibility index (Phi) is 4.60. The minimum absolute atomic E-state index is 0.0243. The minimum atomic E-state index is -0.0243. The average molecular weight is 499 g/mol. The number of pyridine rings is 2. The van der Waals surface area contributed by atoms with Gasteiger partial charge in [-0.15, -0.1) is 0 Å². The maximum atomic E-state index is 5.15. The van der Waals surface area contributed by atoms with Gasteiger partial charge < -0.3 is 0 Å². The van der Waals surface area contributed by atoms with Crippen LogP contribution in [0.4, 0.5) is 0 Å². The third-order valence-electron chi connectivity index (χ3n) is 8.53. The first-order chi connectivity index (χ1) is 19.1. The Morgan fingerprint density at radius 2 is 1.18 bits per heavy atom. The van der Waals surface area contributed by atoms with Gasteiger partial charge in [-0.05, 0) is 62.4 Å². The van der Waals surface area contributed by atoms with Gasteiger partial charge in [0.15, 0.2) is 0 Å². The Bertz CT molecular complexity index is 2100. The molecule has 2 aromatic heterocycles. The number of fused-ring (bicyclic) bond motifs is 7. The molecule has 0 N–H and O–H groups in total. The molecule has 0 bridgehead atoms. The summed E-state index contributed by atoms with van der Waals surface area (Å²) in [5.74, 6) is 0. The highest BCUT2D eigenvalue weighted by atomic mass is 14.8. The van der Waals surface area contributed by atoms with E-state index in [1.165, 1.54) is 44.2 Å². The Labute approximate surface area is 227 Å². The molecule has 0 fully saturated rings. The van der Waals surface area contributed by atoms with Crippen LogP contribution in [0.2, 0.25) is 0 Å². The number of rotatable bonds is 2. The van der Waals surface area contributed by atoms with Crippen molar-refractivity contribution in [2.45, 2.75) is 19.3 Å². The molecule has 0 unspecified atom stereocenters. The van der Waals surface area contributed by atoms with Crippen molar-refractivity contribution in [1.29, 1.82) is 0 Å². The lowest BCUT2D eigenvalue weighted by Gasteiger charge is -2.22. The van der Waals surface area contributed by atoms with Crippen molar-refractivity contribution in [2.75, 3.05) is 0 Å². The lowest BCUT2D eigenvalue weighted by Crippen LogP contribution is -2.14. The van der Waals surface area contributed by atoms with E-state index < -0.39 is 0 Å². The van der Waals surface area contributed by atoms with Gasteiger partial charge in [-0.25, -0.2) is 4.98 Å². The predicted octanol–water partition coefficient (Wildman–Crippen LogP) is 9.58. The smallest absolute Gasteiger partial charge is 0.0972 e. The van der Waals surface area contributed by atoms with Gasteiger partial charge in [0.1, 0.15) is 0 Å². The van der Waals surface area contributed by atoms with Crippen molar-refractivity contribution < 1.29 is 0 Å². The van der Waals surface area contributed by atoms with Crippen molar-refractivity contribution in [3.05, 3.63) is 133 Å². The molecule has 0 spiro atoms. The van der Waals surface area contributed by atoms with Crippen LogP contribution in [0.15, 0.2) is 121 Å². The van der Waals surface area contributed by atoms with Crippen molar-refractivity contribution in [3.63, 3.8) is 0 Å². The SMILES string of the molecule is CC1(C)c2ccccc2-c2ccc(-c3ccc(-c4ccc5ccc6cccnc6c5n4)c4ccccc34)cc21. The third kappa shape index (κ3) is 3.21. The fraction of sp³-hybridized carbons (Fsp3) is 0.0811. The summed E-state index contributed by atoms with van der Waals surface area (Å²) in [5, 5.41) is 4.66. The maximum Gasteiger partial charge on any atom is 0.0972 e. The van der Waals surface area contributed by atoms with Crippen molar-refractivity contribution in [3.8, 4) is 33.5 Å². The Hall–Kier alpha value is -4.82. The first kappa shape index (κ1) is 22.2. The molecule has 0 radical (unpaired) electrons. The zero-order chi connectivity index (χ0) is 26.1. The molecule has 39 heavy (non-hydrogen) atoms. The van der Waals surface area contributed by atoms with Crippen LogP contribution in [0.25, 0.3) is 66.1 Å². The Morgan fingerprint density at radius 1 is 0.513 bits per heavy atom. The molecule has 0 saturated heterocycles. The highest BCUT2D eigenvalue weighted by molar-refractivity contribution is 6.07. The second-order valence-electron chi connectivity index (χ2n) is 11.0. The molecule has 0 amide bonds. The van der Waals surface area contributed by atoms with E-state index in [-0.39, 0.29) is 5.41 Å². The van der Waals surface area contributed by atoms with Gasteiger partial charge >= 0.3 is 0 Å². The number of benzene rings is 5. The summed E-state index contributed by atoms with van der Waals surface area (Å²) in [6.45, 7) is 4.68. The zero-order valence-corrected chi connectivity index (χ0v) is 21.9. The van der Waals surface area contributed by atoms with E-state index in [1.807, 2.05) is 12.3 Å². The molecule has 2 nitrogen and oxygen atoms in total. The molecule has 2 heteroatoms. The predicted molar refractivity (Wildman–Crippen MR) is 163 cm³/mol. The summed E-state index contributed by atoms with van der Waals surface area (Å²) in [4.78, 5) is 9.81. The topological polar surface area (TPSA) is 25.8 Å². The van der Waals surface area contributed by atoms with Gasteiger partial charge in [-0.1, -0.05) is 111 Å². The molecule has 7 aromatic rings. The summed E-state index contributed by atoms with van der Waals surface area (Å²) >= 11 is 0. The fourth-order valence-electron chi connectivity index (χ4n) is 6.52. The number of hydrogen-bond donors (Lipinski definition) is 0. The maximum absolute atomic E-state index is 5.15. The van der Waals surface area contributed by atoms with Crippen LogP contribution in [-0.2, 0) is 5.41 Å². The highest BCUT2D eigenvalue weighted by Crippen LogP contribution is 2.50. The van der Waals surface area contributed by atoms with Gasteiger partial charge in [0.2, 0.25) is 0 Å². The third-order valence-corrected chi connectivity index (χ3v) is 8.53. The molecule has 1 aliphatic rings. The second-order valence-corrected chi connectivity index (χ2v) is 11.0. The lowest BCUT2D eigenvalue weighted by atomic mass is 9.81. The quantitative estimate of drug-likeness (QED) is 0.222. The molecule has 5 aromatic carbocycles. The van der Waals surface area contributed by atoms with Crippen LogP contribution in [-0.4, -0.2) is 9.97 Å². The molecular formula is C37H26N2. The average Bonchev–Trinajstić information content (AvgIpc) is 3.22. The summed E-state index contributed by atoms with van der Waals surface area (Å²) < 4.78 is 0. The van der Waals surface area contributed by atoms with Crippen molar-refractivity contribution in [2.24, 2.45) is 0 Å². The fourth-order valence-corrected chi connectivity index (χ4v) is 6.52. The monoisotopic (exact) mass is 498 g/mol. The van der Waals surface area contributed by atoms with E-state index in [9.17, 15) is 0 Å². The summed E-state index contributed by atoms with van der Waals surface area (Å²) in [7, 11) is 0. The molecular weight excluding hydrogens is 472 g/mol. The lowest BCUT2D eigenvalue weighted by molar-refractivity contribution is 0.660. The van der Waals surface area contributed by atoms with E-state index in [0.29, 0.717) is 0 Å². The standard InChI is InChI=1S/C37H26N2/c1-37(2)32-12-6-5-11-29(32)30-17-15-25(22-33(30)37)26-18-19-31(28-10-4-3-9-27(26)28)34-20-16-24-14-13-23-8-7-21-38-35(23)36(24)39-34/h3-22H,1-2H3. The summed E-state index contributed by atoms with van der Waals surface area (Å²) in [5.41, 5.74) is 12.0. The molecule has 0 atom stereocenters. The first-order valence-corrected chi connectivity index (χ1v) is 13.5. The van der Waals surface area contributed by atoms with Crippen LogP contribution < -0.4 is 0 Å². The highest BCUT2D eigenvalue weighted by Gasteiger charge is 2.35. The largest absolute Gasteiger partial charge is 0.254 e. The molecule has 1 aliphatic carbocycles. The van der Waals surface area contributed by atoms with Crippen LogP contribution in [0, 0.1) is 0 Å². The number of aromatic nitrogens is 2. The van der Waals surface area contributed by atoms with Crippen LogP contribution in [0.3, 0.4) is 0 Å². The van der Waals surface area contributed by atoms with Gasteiger partial charge in [0.05, 0.1) is 16.7 Å². The Morgan fingerprint density at radius 3 is 2.05 bits per heavy atom. The minimum Gasteiger partial charge on any atom is -0.254 e. The van der Waals surface area contributed by atoms with Crippen molar-refractivity contribution >= 4 is 32.6 Å². The van der Waals surface area contributed by atoms with E-state index in [0.717, 1.165) is 33.1 Å². The van der Waals surface area contributed by atoms with Crippen LogP contribution >= 0.6 is 0 Å². The van der Waals surface area contributed by atoms with E-state index in [1.54, 1.807) is 0 Å². The normalized spacial score (nSPS) is 13.6. The first-order valence-electron chi connectivity index (χ1n) is 13.5. The van der Waals surface area contributed by atoms with E-state index in [4.69, 9.17) is 4.98 Å². The van der Waals surface area contributed by atoms with Gasteiger partial charge in [-0.2, -0.15) is 0 Å². The molecule has 2 heterocycles. The van der Waals surface area contributed by atoms with Crippen molar-refractivity contribution in [1.82, 2.24) is 9.97 Å². The Balaban J connectivity index is 1.31. The molecule has 0 aliphatic heterocycles. The number of nitrogens with zero attached hydrogens (tertiary/aromatic N) is 2. The zero-order valence-electron chi connectivity index (χ0n) is 21.9. The second kappa shape index (κ2) is 8.09. The summed E-state index contributed by atoms with van der Waals surface area (Å²) in [6, 6.07) is 41.6. The van der Waals surface area contributed by atoms with Crippen LogP contribution in [0.5, 0.6) is 0 Å². The number of hydrogen-bond acceptors (Lipinski definition) is 2. The van der Waals surface area contributed by atoms with Gasteiger partial charge in [0.25, 0.3) is 0 Å². The van der Waals surface area contributed by atoms with Crippen LogP contribution in [0.1, 0.15) is 25.0 Å². The summed E-state index contributed by atoms with van der Waals surface area (Å²) in [6.07, 6.45) is 1.84. The van der Waals surface area contributed by atoms with Gasteiger partial charge in [-0.3, -0.25) is 4.98 Å². The van der Waals surface area contributed by atoms with E-state index in [2.05, 4.69) is 128 Å².